The van der Waals surface area contributed by atoms with Gasteiger partial charge in [0, 0.05) is 43.2 Å². The Morgan fingerprint density at radius 1 is 1.19 bits per heavy atom. The van der Waals surface area contributed by atoms with E-state index in [0.29, 0.717) is 22.7 Å². The van der Waals surface area contributed by atoms with E-state index in [1.165, 1.54) is 0 Å². The first kappa shape index (κ1) is 20.5. The number of aromatic nitrogens is 4. The summed E-state index contributed by atoms with van der Waals surface area (Å²) in [4.78, 5) is 14.8. The maximum atomic E-state index is 12.8. The number of ether oxygens (including phenoxy) is 1. The predicted molar refractivity (Wildman–Crippen MR) is 118 cm³/mol. The molecule has 0 unspecified atom stereocenters. The topological polar surface area (TPSA) is 100 Å². The molecule has 5 rings (SSSR count). The Morgan fingerprint density at radius 2 is 2.03 bits per heavy atom. The van der Waals surface area contributed by atoms with E-state index in [-0.39, 0.29) is 12.0 Å². The first-order valence-corrected chi connectivity index (χ1v) is 11.2. The highest BCUT2D eigenvalue weighted by molar-refractivity contribution is 5.79. The predicted octanol–water partition coefficient (Wildman–Crippen LogP) is 2.24. The van der Waals surface area contributed by atoms with Crippen molar-refractivity contribution in [2.24, 2.45) is 5.92 Å². The average Bonchev–Trinajstić information content (AvgIpc) is 3.51. The highest BCUT2D eigenvalue weighted by Crippen LogP contribution is 2.31. The van der Waals surface area contributed by atoms with Gasteiger partial charge in [-0.25, -0.2) is 4.52 Å². The van der Waals surface area contributed by atoms with Crippen LogP contribution in [0.25, 0.3) is 16.6 Å². The lowest BCUT2D eigenvalue weighted by atomic mass is 9.96. The summed E-state index contributed by atoms with van der Waals surface area (Å²) in [6, 6.07) is 4.34. The number of amides is 1. The zero-order valence-corrected chi connectivity index (χ0v) is 18.2. The zero-order chi connectivity index (χ0) is 22.1. The van der Waals surface area contributed by atoms with Crippen LogP contribution < -0.4 is 10.1 Å². The molecule has 9 nitrogen and oxygen atoms in total. The second-order valence-corrected chi connectivity index (χ2v) is 8.57. The molecule has 2 aliphatic heterocycles. The minimum absolute atomic E-state index is 0.130. The molecule has 5 heterocycles. The molecule has 0 saturated carbocycles. The fourth-order valence-corrected chi connectivity index (χ4v) is 4.84. The Balaban J connectivity index is 1.29. The first-order chi connectivity index (χ1) is 15.7. The molecule has 0 aliphatic carbocycles. The number of carbonyl (C=O) groups is 1. The summed E-state index contributed by atoms with van der Waals surface area (Å²) in [5.74, 6) is 1.03. The zero-order valence-electron chi connectivity index (χ0n) is 18.2. The summed E-state index contributed by atoms with van der Waals surface area (Å²) >= 11 is 0. The number of nitriles is 1. The molecule has 1 amide bonds. The molecule has 0 radical (unpaired) electrons. The first-order valence-electron chi connectivity index (χ1n) is 11.2. The van der Waals surface area contributed by atoms with Gasteiger partial charge >= 0.3 is 0 Å². The number of carbonyl (C=O) groups excluding carboxylic acids is 1. The number of rotatable bonds is 4. The molecule has 9 heteroatoms. The van der Waals surface area contributed by atoms with E-state index in [1.807, 2.05) is 34.2 Å². The van der Waals surface area contributed by atoms with Crippen molar-refractivity contribution < 1.29 is 9.53 Å². The molecular formula is C23H27N7O2. The van der Waals surface area contributed by atoms with Gasteiger partial charge in [0.05, 0.1) is 31.5 Å². The number of fused-ring (bicyclic) bond motifs is 1. The van der Waals surface area contributed by atoms with E-state index in [0.717, 1.165) is 63.0 Å². The van der Waals surface area contributed by atoms with Gasteiger partial charge in [-0.05, 0) is 38.3 Å². The van der Waals surface area contributed by atoms with Crippen molar-refractivity contribution >= 4 is 11.4 Å². The van der Waals surface area contributed by atoms with Crippen LogP contribution >= 0.6 is 0 Å². The van der Waals surface area contributed by atoms with Crippen molar-refractivity contribution in [3.05, 3.63) is 36.4 Å². The van der Waals surface area contributed by atoms with E-state index in [9.17, 15) is 10.1 Å². The third-order valence-electron chi connectivity index (χ3n) is 6.65. The number of pyridine rings is 1. The molecule has 1 N–H and O–H groups in total. The molecule has 2 aliphatic rings. The Labute approximate surface area is 186 Å². The van der Waals surface area contributed by atoms with Crippen LogP contribution in [0, 0.1) is 17.2 Å². The standard InChI is InChI=1S/C23H27N7O2/c1-32-21-9-17(14-30-22(21)18(10-24)12-27-30)19-13-26-29(15-19)20-4-7-28(8-5-20)23(31)16-3-2-6-25-11-16/h9,12-16,20,25H,2-8,11H2,1H3/t16-/m0/s1. The van der Waals surface area contributed by atoms with Gasteiger partial charge in [-0.1, -0.05) is 0 Å². The van der Waals surface area contributed by atoms with Crippen molar-refractivity contribution in [2.75, 3.05) is 33.3 Å². The second-order valence-electron chi connectivity index (χ2n) is 8.57. The minimum Gasteiger partial charge on any atom is -0.494 e. The lowest BCUT2D eigenvalue weighted by Crippen LogP contribution is -2.46. The second kappa shape index (κ2) is 8.63. The van der Waals surface area contributed by atoms with Crippen LogP contribution in [0.1, 0.15) is 37.3 Å². The van der Waals surface area contributed by atoms with E-state index in [1.54, 1.807) is 17.8 Å². The molecule has 0 bridgehead atoms. The monoisotopic (exact) mass is 433 g/mol. The number of nitrogens with one attached hydrogen (secondary N) is 1. The van der Waals surface area contributed by atoms with E-state index in [2.05, 4.69) is 21.6 Å². The lowest BCUT2D eigenvalue weighted by molar-refractivity contribution is -0.137. The van der Waals surface area contributed by atoms with E-state index >= 15 is 0 Å². The van der Waals surface area contributed by atoms with Crippen LogP contribution in [0.15, 0.2) is 30.9 Å². The number of nitrogens with zero attached hydrogens (tertiary/aromatic N) is 6. The smallest absolute Gasteiger partial charge is 0.226 e. The molecule has 0 spiro atoms. The van der Waals surface area contributed by atoms with Gasteiger partial charge in [-0.15, -0.1) is 0 Å². The average molecular weight is 434 g/mol. The molecule has 2 fully saturated rings. The van der Waals surface area contributed by atoms with Crippen LogP contribution in [0.5, 0.6) is 5.75 Å². The molecular weight excluding hydrogens is 406 g/mol. The summed E-state index contributed by atoms with van der Waals surface area (Å²) < 4.78 is 9.21. The van der Waals surface area contributed by atoms with Crippen molar-refractivity contribution in [2.45, 2.75) is 31.7 Å². The van der Waals surface area contributed by atoms with Gasteiger partial charge in [0.25, 0.3) is 0 Å². The lowest BCUT2D eigenvalue weighted by Gasteiger charge is -2.35. The molecule has 1 atom stereocenters. The van der Waals surface area contributed by atoms with Crippen molar-refractivity contribution in [3.8, 4) is 22.9 Å². The quantitative estimate of drug-likeness (QED) is 0.677. The summed E-state index contributed by atoms with van der Waals surface area (Å²) in [5.41, 5.74) is 3.03. The fraction of sp³-hybridized carbons (Fsp3) is 0.478. The Morgan fingerprint density at radius 3 is 2.75 bits per heavy atom. The van der Waals surface area contributed by atoms with Gasteiger partial charge in [-0.2, -0.15) is 15.5 Å². The SMILES string of the molecule is COc1cc(-c2cnn(C3CCN(C(=O)[C@H]4CCCNC4)CC3)c2)cn2ncc(C#N)c12. The Hall–Kier alpha value is -3.38. The number of piperidine rings is 2. The van der Waals surface area contributed by atoms with Gasteiger partial charge < -0.3 is 15.0 Å². The molecule has 0 aromatic carbocycles. The molecule has 3 aromatic rings. The van der Waals surface area contributed by atoms with Gasteiger partial charge in [0.2, 0.25) is 5.91 Å². The van der Waals surface area contributed by atoms with Crippen molar-refractivity contribution in [3.63, 3.8) is 0 Å². The molecule has 166 valence electrons. The Bertz CT molecular complexity index is 1160. The molecule has 32 heavy (non-hydrogen) atoms. The van der Waals surface area contributed by atoms with Crippen LogP contribution in [0.4, 0.5) is 0 Å². The molecule has 2 saturated heterocycles. The largest absolute Gasteiger partial charge is 0.494 e. The van der Waals surface area contributed by atoms with Crippen LogP contribution in [0.2, 0.25) is 0 Å². The van der Waals surface area contributed by atoms with E-state index in [4.69, 9.17) is 4.74 Å². The Kier molecular flexibility index (Phi) is 5.53. The summed E-state index contributed by atoms with van der Waals surface area (Å²) in [7, 11) is 1.59. The van der Waals surface area contributed by atoms with Crippen molar-refractivity contribution in [1.82, 2.24) is 29.6 Å². The van der Waals surface area contributed by atoms with Gasteiger partial charge in [-0.3, -0.25) is 9.48 Å². The maximum Gasteiger partial charge on any atom is 0.226 e. The van der Waals surface area contributed by atoms with Crippen LogP contribution in [-0.2, 0) is 4.79 Å². The van der Waals surface area contributed by atoms with E-state index < -0.39 is 0 Å². The third-order valence-corrected chi connectivity index (χ3v) is 6.65. The van der Waals surface area contributed by atoms with Gasteiger partial charge in [0.1, 0.15) is 22.9 Å². The number of hydrogen-bond donors (Lipinski definition) is 1. The minimum atomic E-state index is 0.130. The maximum absolute atomic E-state index is 12.8. The number of hydrogen-bond acceptors (Lipinski definition) is 6. The van der Waals surface area contributed by atoms with Crippen LogP contribution in [0.3, 0.4) is 0 Å². The summed E-state index contributed by atoms with van der Waals surface area (Å²) in [6.45, 7) is 3.38. The van der Waals surface area contributed by atoms with Crippen molar-refractivity contribution in [1.29, 1.82) is 5.26 Å². The summed E-state index contributed by atoms with van der Waals surface area (Å²) in [5, 5.41) is 21.5. The van der Waals surface area contributed by atoms with Gasteiger partial charge in [0.15, 0.2) is 0 Å². The highest BCUT2D eigenvalue weighted by Gasteiger charge is 2.30. The van der Waals surface area contributed by atoms with Crippen LogP contribution in [-0.4, -0.2) is 63.5 Å². The fourth-order valence-electron chi connectivity index (χ4n) is 4.84. The molecule has 3 aromatic heterocycles. The highest BCUT2D eigenvalue weighted by atomic mass is 16.5. The number of likely N-dealkylation sites (tertiary alicyclic amines) is 1. The normalized spacial score (nSPS) is 19.8. The summed E-state index contributed by atoms with van der Waals surface area (Å²) in [6.07, 6.45) is 11.2. The number of methoxy groups -OCH3 is 1. The third kappa shape index (κ3) is 3.71.